The molecule has 0 aliphatic heterocycles. The van der Waals surface area contributed by atoms with Crippen molar-refractivity contribution in [1.29, 1.82) is 0 Å². The molecule has 0 atom stereocenters. The summed E-state index contributed by atoms with van der Waals surface area (Å²) in [5.41, 5.74) is 7.80. The van der Waals surface area contributed by atoms with Gasteiger partial charge >= 0.3 is 57.6 Å². The van der Waals surface area contributed by atoms with Crippen molar-refractivity contribution in [3.8, 4) is 0 Å². The van der Waals surface area contributed by atoms with Crippen molar-refractivity contribution in [3.05, 3.63) is 71.5 Å². The molecule has 0 spiro atoms. The molecular formula is C16H19F3KN. The summed E-state index contributed by atoms with van der Waals surface area (Å²) in [7, 11) is 0. The Kier molecular flexibility index (Phi) is 13.4. The normalized spacial score (nSPS) is 9.24. The van der Waals surface area contributed by atoms with E-state index in [1.807, 2.05) is 32.0 Å². The Bertz CT molecular complexity index is 467. The van der Waals surface area contributed by atoms with E-state index in [1.54, 1.807) is 19.1 Å². The fourth-order valence-corrected chi connectivity index (χ4v) is 1.18. The second-order valence-corrected chi connectivity index (χ2v) is 3.73. The van der Waals surface area contributed by atoms with Crippen LogP contribution in [-0.2, 0) is 6.18 Å². The summed E-state index contributed by atoms with van der Waals surface area (Å²) in [5.74, 6) is 0. The standard InChI is InChI=1S/C8H7F3.C6H6N.C2H6.K/c1-6-2-4-7(5-3-6)8(9,10)11;7-6-4-2-1-3-5-6;1-2;/h2-5H,1H3;1-5,7H;1-2H3;/q;-1;;+1. The van der Waals surface area contributed by atoms with Crippen LogP contribution in [0.4, 0.5) is 18.9 Å². The molecule has 0 heterocycles. The van der Waals surface area contributed by atoms with Gasteiger partial charge in [-0.25, -0.2) is 0 Å². The first-order chi connectivity index (χ1) is 9.39. The van der Waals surface area contributed by atoms with Crippen LogP contribution in [0.1, 0.15) is 25.0 Å². The third-order valence-electron chi connectivity index (χ3n) is 2.15. The van der Waals surface area contributed by atoms with Crippen molar-refractivity contribution in [1.82, 2.24) is 0 Å². The van der Waals surface area contributed by atoms with Gasteiger partial charge in [-0.15, -0.1) is 5.69 Å². The van der Waals surface area contributed by atoms with E-state index in [-0.39, 0.29) is 51.4 Å². The van der Waals surface area contributed by atoms with Gasteiger partial charge in [0.1, 0.15) is 0 Å². The second kappa shape index (κ2) is 12.2. The number of halogens is 3. The third-order valence-corrected chi connectivity index (χ3v) is 2.15. The SMILES string of the molecule is CC.Cc1ccc(C(F)(F)F)cc1.[K+].[NH-]c1ccccc1. The molecule has 0 aliphatic carbocycles. The molecule has 0 amide bonds. The maximum atomic E-state index is 11.9. The minimum absolute atomic E-state index is 0. The molecule has 1 N–H and O–H groups in total. The van der Waals surface area contributed by atoms with Gasteiger partial charge in [0.05, 0.1) is 5.56 Å². The smallest absolute Gasteiger partial charge is 0.699 e. The zero-order valence-corrected chi connectivity index (χ0v) is 16.0. The van der Waals surface area contributed by atoms with E-state index in [4.69, 9.17) is 5.73 Å². The van der Waals surface area contributed by atoms with Crippen molar-refractivity contribution >= 4 is 5.69 Å². The summed E-state index contributed by atoms with van der Waals surface area (Å²) in [6.45, 7) is 5.75. The third kappa shape index (κ3) is 11.0. The van der Waals surface area contributed by atoms with Gasteiger partial charge in [0, 0.05) is 0 Å². The summed E-state index contributed by atoms with van der Waals surface area (Å²) >= 11 is 0. The molecule has 0 fully saturated rings. The van der Waals surface area contributed by atoms with E-state index in [1.165, 1.54) is 12.1 Å². The van der Waals surface area contributed by atoms with Crippen molar-refractivity contribution in [2.24, 2.45) is 0 Å². The molecule has 0 unspecified atom stereocenters. The summed E-state index contributed by atoms with van der Waals surface area (Å²) in [6, 6.07) is 14.2. The van der Waals surface area contributed by atoms with Crippen LogP contribution in [-0.4, -0.2) is 0 Å². The number of aryl methyl sites for hydroxylation is 1. The van der Waals surface area contributed by atoms with Crippen molar-refractivity contribution in [3.63, 3.8) is 0 Å². The molecule has 5 heteroatoms. The summed E-state index contributed by atoms with van der Waals surface area (Å²) < 4.78 is 35.8. The Labute approximate surface area is 167 Å². The van der Waals surface area contributed by atoms with Crippen molar-refractivity contribution in [2.75, 3.05) is 0 Å². The fraction of sp³-hybridized carbons (Fsp3) is 0.250. The van der Waals surface area contributed by atoms with Gasteiger partial charge < -0.3 is 5.73 Å². The minimum atomic E-state index is -4.21. The van der Waals surface area contributed by atoms with Crippen LogP contribution in [0.5, 0.6) is 0 Å². The minimum Gasteiger partial charge on any atom is -0.699 e. The van der Waals surface area contributed by atoms with Gasteiger partial charge in [-0.3, -0.25) is 0 Å². The first kappa shape index (κ1) is 22.9. The predicted octanol–water partition coefficient (Wildman–Crippen LogP) is 3.41. The summed E-state index contributed by atoms with van der Waals surface area (Å²) in [6.07, 6.45) is -4.21. The Hall–Kier alpha value is -0.334. The quantitative estimate of drug-likeness (QED) is 0.664. The molecule has 0 aromatic heterocycles. The molecule has 0 saturated heterocycles. The molecule has 21 heavy (non-hydrogen) atoms. The van der Waals surface area contributed by atoms with Crippen LogP contribution >= 0.6 is 0 Å². The average molecular weight is 321 g/mol. The molecule has 2 aromatic carbocycles. The largest absolute Gasteiger partial charge is 1.00 e. The maximum absolute atomic E-state index is 11.9. The van der Waals surface area contributed by atoms with E-state index >= 15 is 0 Å². The van der Waals surface area contributed by atoms with Gasteiger partial charge in [0.15, 0.2) is 0 Å². The molecule has 0 radical (unpaired) electrons. The molecule has 2 rings (SSSR count). The van der Waals surface area contributed by atoms with E-state index in [2.05, 4.69) is 0 Å². The number of hydrogen-bond donors (Lipinski definition) is 0. The maximum Gasteiger partial charge on any atom is 1.00 e. The van der Waals surface area contributed by atoms with Gasteiger partial charge in [-0.2, -0.15) is 13.2 Å². The number of hydrogen-bond acceptors (Lipinski definition) is 0. The van der Waals surface area contributed by atoms with Gasteiger partial charge in [-0.05, 0) is 19.1 Å². The van der Waals surface area contributed by atoms with Crippen LogP contribution in [0.15, 0.2) is 54.6 Å². The van der Waals surface area contributed by atoms with Crippen LogP contribution in [0, 0.1) is 6.92 Å². The van der Waals surface area contributed by atoms with Crippen LogP contribution in [0.3, 0.4) is 0 Å². The number of alkyl halides is 3. The average Bonchev–Trinajstić information content (AvgIpc) is 2.42. The molecule has 2 aromatic rings. The van der Waals surface area contributed by atoms with Gasteiger partial charge in [0.2, 0.25) is 0 Å². The number of rotatable bonds is 0. The van der Waals surface area contributed by atoms with Crippen molar-refractivity contribution in [2.45, 2.75) is 26.9 Å². The topological polar surface area (TPSA) is 23.8 Å². The second-order valence-electron chi connectivity index (χ2n) is 3.73. The van der Waals surface area contributed by atoms with E-state index in [9.17, 15) is 13.2 Å². The number of nitrogens with one attached hydrogen (secondary N) is 1. The monoisotopic (exact) mass is 321 g/mol. The zero-order valence-electron chi connectivity index (χ0n) is 12.8. The molecule has 110 valence electrons. The molecule has 0 saturated carbocycles. The van der Waals surface area contributed by atoms with Gasteiger partial charge in [0.25, 0.3) is 0 Å². The van der Waals surface area contributed by atoms with Crippen molar-refractivity contribution < 1.29 is 64.6 Å². The first-order valence-electron chi connectivity index (χ1n) is 6.30. The van der Waals surface area contributed by atoms with E-state index in [0.29, 0.717) is 5.69 Å². The van der Waals surface area contributed by atoms with Crippen LogP contribution in [0.25, 0.3) is 5.73 Å². The molecule has 1 nitrogen and oxygen atoms in total. The fourth-order valence-electron chi connectivity index (χ4n) is 1.18. The van der Waals surface area contributed by atoms with Gasteiger partial charge in [-0.1, -0.05) is 61.9 Å². The molecule has 0 bridgehead atoms. The summed E-state index contributed by atoms with van der Waals surface area (Å²) in [5, 5.41) is 0. The summed E-state index contributed by atoms with van der Waals surface area (Å²) in [4.78, 5) is 0. The molecule has 0 aliphatic rings. The first-order valence-corrected chi connectivity index (χ1v) is 6.30. The van der Waals surface area contributed by atoms with E-state index in [0.717, 1.165) is 17.7 Å². The number of benzene rings is 2. The van der Waals surface area contributed by atoms with Crippen LogP contribution in [0.2, 0.25) is 0 Å². The Morgan fingerprint density at radius 2 is 1.24 bits per heavy atom. The van der Waals surface area contributed by atoms with Crippen LogP contribution < -0.4 is 51.4 Å². The Morgan fingerprint density at radius 3 is 1.52 bits per heavy atom. The Balaban J connectivity index is 0. The molecular weight excluding hydrogens is 302 g/mol. The predicted molar refractivity (Wildman–Crippen MR) is 78.0 cm³/mol. The van der Waals surface area contributed by atoms with E-state index < -0.39 is 11.7 Å². The zero-order chi connectivity index (χ0) is 15.6. The Morgan fingerprint density at radius 1 is 0.810 bits per heavy atom.